The van der Waals surface area contributed by atoms with Gasteiger partial charge in [-0.2, -0.15) is 0 Å². The first-order valence-electron chi connectivity index (χ1n) is 7.42. The van der Waals surface area contributed by atoms with Gasteiger partial charge in [0.15, 0.2) is 0 Å². The molecular weight excluding hydrogens is 296 g/mol. The molecule has 4 heteroatoms. The van der Waals surface area contributed by atoms with E-state index >= 15 is 0 Å². The van der Waals surface area contributed by atoms with Gasteiger partial charge in [-0.3, -0.25) is 4.90 Å². The highest BCUT2D eigenvalue weighted by atomic mass is 35.5. The maximum Gasteiger partial charge on any atom is 0.123 e. The van der Waals surface area contributed by atoms with Gasteiger partial charge in [-0.05, 0) is 11.6 Å². The van der Waals surface area contributed by atoms with E-state index in [1.807, 2.05) is 12.1 Å². The van der Waals surface area contributed by atoms with Crippen LogP contribution in [0, 0.1) is 0 Å². The molecule has 2 atom stereocenters. The number of hydrogen-bond acceptors (Lipinski definition) is 3. The van der Waals surface area contributed by atoms with Crippen LogP contribution in [0.15, 0.2) is 54.6 Å². The lowest BCUT2D eigenvalue weighted by molar-refractivity contribution is 0.314. The van der Waals surface area contributed by atoms with Crippen LogP contribution < -0.4 is 10.5 Å². The Morgan fingerprint density at radius 1 is 1.05 bits per heavy atom. The average Bonchev–Trinajstić information content (AvgIpc) is 2.89. The fourth-order valence-electron chi connectivity index (χ4n) is 3.17. The number of methoxy groups -OCH3 is 1. The number of rotatable bonds is 4. The summed E-state index contributed by atoms with van der Waals surface area (Å²) in [6, 6.07) is 19.0. The first-order chi connectivity index (χ1) is 10.3. The van der Waals surface area contributed by atoms with Gasteiger partial charge >= 0.3 is 0 Å². The fourth-order valence-corrected chi connectivity index (χ4v) is 3.17. The number of likely N-dealkylation sites (tertiary alicyclic amines) is 1. The number of ether oxygens (including phenoxy) is 1. The zero-order valence-corrected chi connectivity index (χ0v) is 13.6. The van der Waals surface area contributed by atoms with Crippen molar-refractivity contribution in [3.05, 3.63) is 65.7 Å². The molecule has 0 aromatic heterocycles. The minimum Gasteiger partial charge on any atom is -0.496 e. The number of nitrogens with zero attached hydrogens (tertiary/aromatic N) is 1. The normalized spacial score (nSPS) is 21.4. The van der Waals surface area contributed by atoms with Gasteiger partial charge in [-0.1, -0.05) is 48.5 Å². The number of hydrogen-bond donors (Lipinski definition) is 1. The largest absolute Gasteiger partial charge is 0.496 e. The van der Waals surface area contributed by atoms with E-state index in [1.165, 1.54) is 11.1 Å². The molecule has 3 nitrogen and oxygen atoms in total. The summed E-state index contributed by atoms with van der Waals surface area (Å²) in [4.78, 5) is 2.42. The third-order valence-electron chi connectivity index (χ3n) is 4.25. The Morgan fingerprint density at radius 3 is 2.45 bits per heavy atom. The Bertz CT molecular complexity index is 591. The minimum atomic E-state index is 0. The van der Waals surface area contributed by atoms with Gasteiger partial charge < -0.3 is 10.5 Å². The zero-order valence-electron chi connectivity index (χ0n) is 12.8. The average molecular weight is 319 g/mol. The Morgan fingerprint density at radius 2 is 1.73 bits per heavy atom. The molecule has 0 aliphatic carbocycles. The Kier molecular flexibility index (Phi) is 5.83. The van der Waals surface area contributed by atoms with Crippen LogP contribution >= 0.6 is 12.4 Å². The molecule has 3 rings (SSSR count). The van der Waals surface area contributed by atoms with Crippen LogP contribution in [-0.4, -0.2) is 31.1 Å². The SMILES string of the molecule is COc1ccccc1CN1C[C@@H](N)[C@H](c2ccccc2)C1.Cl. The van der Waals surface area contributed by atoms with E-state index < -0.39 is 0 Å². The van der Waals surface area contributed by atoms with Crippen LogP contribution in [-0.2, 0) is 6.54 Å². The molecule has 22 heavy (non-hydrogen) atoms. The summed E-state index contributed by atoms with van der Waals surface area (Å²) in [5.41, 5.74) is 8.92. The summed E-state index contributed by atoms with van der Waals surface area (Å²) < 4.78 is 5.44. The highest BCUT2D eigenvalue weighted by Crippen LogP contribution is 2.29. The highest BCUT2D eigenvalue weighted by molar-refractivity contribution is 5.85. The van der Waals surface area contributed by atoms with Crippen LogP contribution in [0.3, 0.4) is 0 Å². The second kappa shape index (κ2) is 7.63. The lowest BCUT2D eigenvalue weighted by atomic mass is 9.95. The predicted octanol–water partition coefficient (Wildman–Crippen LogP) is 3.04. The van der Waals surface area contributed by atoms with Crippen molar-refractivity contribution in [3.8, 4) is 5.75 Å². The zero-order chi connectivity index (χ0) is 14.7. The van der Waals surface area contributed by atoms with Crippen molar-refractivity contribution in [2.24, 2.45) is 5.73 Å². The second-order valence-corrected chi connectivity index (χ2v) is 5.69. The molecule has 1 aliphatic heterocycles. The van der Waals surface area contributed by atoms with Crippen molar-refractivity contribution in [2.45, 2.75) is 18.5 Å². The summed E-state index contributed by atoms with van der Waals surface area (Å²) in [6.07, 6.45) is 0. The van der Waals surface area contributed by atoms with E-state index in [1.54, 1.807) is 7.11 Å². The van der Waals surface area contributed by atoms with Crippen molar-refractivity contribution in [3.63, 3.8) is 0 Å². The van der Waals surface area contributed by atoms with Crippen LogP contribution in [0.1, 0.15) is 17.0 Å². The van der Waals surface area contributed by atoms with Crippen LogP contribution in [0.25, 0.3) is 0 Å². The molecule has 2 aromatic carbocycles. The van der Waals surface area contributed by atoms with Gasteiger partial charge in [0.1, 0.15) is 5.75 Å². The molecule has 2 N–H and O–H groups in total. The quantitative estimate of drug-likeness (QED) is 0.941. The minimum absolute atomic E-state index is 0. The van der Waals surface area contributed by atoms with E-state index in [0.717, 1.165) is 25.4 Å². The Labute approximate surface area is 138 Å². The van der Waals surface area contributed by atoms with E-state index in [9.17, 15) is 0 Å². The van der Waals surface area contributed by atoms with Crippen LogP contribution in [0.4, 0.5) is 0 Å². The van der Waals surface area contributed by atoms with Gasteiger partial charge in [0, 0.05) is 37.2 Å². The second-order valence-electron chi connectivity index (χ2n) is 5.69. The smallest absolute Gasteiger partial charge is 0.123 e. The molecule has 0 saturated carbocycles. The number of halogens is 1. The summed E-state index contributed by atoms with van der Waals surface area (Å²) >= 11 is 0. The first kappa shape index (κ1) is 16.8. The van der Waals surface area contributed by atoms with Gasteiger partial charge in [-0.15, -0.1) is 12.4 Å². The number of nitrogens with two attached hydrogens (primary N) is 1. The van der Waals surface area contributed by atoms with E-state index in [2.05, 4.69) is 47.4 Å². The third kappa shape index (κ3) is 3.61. The van der Waals surface area contributed by atoms with E-state index in [-0.39, 0.29) is 18.4 Å². The Balaban J connectivity index is 0.00000176. The van der Waals surface area contributed by atoms with Crippen LogP contribution in [0.2, 0.25) is 0 Å². The third-order valence-corrected chi connectivity index (χ3v) is 4.25. The lowest BCUT2D eigenvalue weighted by Crippen LogP contribution is -2.28. The molecule has 0 spiro atoms. The Hall–Kier alpha value is -1.55. The first-order valence-corrected chi connectivity index (χ1v) is 7.42. The molecule has 118 valence electrons. The molecular formula is C18H23ClN2O. The van der Waals surface area contributed by atoms with Crippen molar-refractivity contribution in [2.75, 3.05) is 20.2 Å². The standard InChI is InChI=1S/C18H22N2O.ClH/c1-21-18-10-6-5-9-15(18)11-20-12-16(17(19)13-20)14-7-3-2-4-8-14;/h2-10,16-17H,11-13,19H2,1H3;1H/t16-,17+;/m0./s1. The van der Waals surface area contributed by atoms with Crippen molar-refractivity contribution < 1.29 is 4.74 Å². The van der Waals surface area contributed by atoms with Gasteiger partial charge in [-0.25, -0.2) is 0 Å². The molecule has 1 saturated heterocycles. The summed E-state index contributed by atoms with van der Waals surface area (Å²) in [5, 5.41) is 0. The maximum absolute atomic E-state index is 6.35. The number of benzene rings is 2. The maximum atomic E-state index is 6.35. The molecule has 0 bridgehead atoms. The lowest BCUT2D eigenvalue weighted by Gasteiger charge is -2.17. The summed E-state index contributed by atoms with van der Waals surface area (Å²) in [5.74, 6) is 1.37. The monoisotopic (exact) mass is 318 g/mol. The molecule has 0 radical (unpaired) electrons. The van der Waals surface area contributed by atoms with Gasteiger partial charge in [0.05, 0.1) is 7.11 Å². The van der Waals surface area contributed by atoms with E-state index in [4.69, 9.17) is 10.5 Å². The highest BCUT2D eigenvalue weighted by Gasteiger charge is 2.31. The summed E-state index contributed by atoms with van der Waals surface area (Å²) in [7, 11) is 1.72. The molecule has 1 heterocycles. The van der Waals surface area contributed by atoms with Crippen molar-refractivity contribution in [1.29, 1.82) is 0 Å². The van der Waals surface area contributed by atoms with E-state index in [0.29, 0.717) is 5.92 Å². The van der Waals surface area contributed by atoms with Crippen LogP contribution in [0.5, 0.6) is 5.75 Å². The van der Waals surface area contributed by atoms with Crippen molar-refractivity contribution in [1.82, 2.24) is 4.90 Å². The van der Waals surface area contributed by atoms with Gasteiger partial charge in [0.2, 0.25) is 0 Å². The predicted molar refractivity (Wildman–Crippen MR) is 92.7 cm³/mol. The molecule has 0 unspecified atom stereocenters. The summed E-state index contributed by atoms with van der Waals surface area (Å²) in [6.45, 7) is 2.82. The molecule has 2 aromatic rings. The van der Waals surface area contributed by atoms with Gasteiger partial charge in [0.25, 0.3) is 0 Å². The van der Waals surface area contributed by atoms with Crippen molar-refractivity contribution >= 4 is 12.4 Å². The molecule has 1 aliphatic rings. The topological polar surface area (TPSA) is 38.5 Å². The number of para-hydroxylation sites is 1. The molecule has 1 fully saturated rings. The fraction of sp³-hybridized carbons (Fsp3) is 0.333. The molecule has 0 amide bonds.